The van der Waals surface area contributed by atoms with Crippen LogP contribution in [0.15, 0.2) is 17.0 Å². The first-order chi connectivity index (χ1) is 8.94. The zero-order chi connectivity index (χ0) is 15.7. The van der Waals surface area contributed by atoms with Crippen molar-refractivity contribution in [2.45, 2.75) is 30.8 Å². The minimum atomic E-state index is -3.81. The third-order valence-electron chi connectivity index (χ3n) is 2.57. The van der Waals surface area contributed by atoms with E-state index in [0.717, 1.165) is 12.1 Å². The van der Waals surface area contributed by atoms with E-state index in [2.05, 4.69) is 0 Å². The van der Waals surface area contributed by atoms with Gasteiger partial charge in [-0.05, 0) is 32.4 Å². The average Bonchev–Trinajstić information content (AvgIpc) is 2.24. The summed E-state index contributed by atoms with van der Waals surface area (Å²) in [5, 5.41) is 18.2. The normalized spacial score (nSPS) is 12.4. The molecule has 0 spiro atoms. The number of benzene rings is 1. The van der Waals surface area contributed by atoms with Crippen molar-refractivity contribution in [3.05, 3.63) is 27.7 Å². The van der Waals surface area contributed by atoms with Crippen LogP contribution in [0.25, 0.3) is 0 Å². The number of carbonyl (C=O) groups is 1. The summed E-state index contributed by atoms with van der Waals surface area (Å²) in [6.07, 6.45) is -0.00328. The number of carboxylic acids is 1. The van der Waals surface area contributed by atoms with Crippen LogP contribution < -0.4 is 0 Å². The summed E-state index contributed by atoms with van der Waals surface area (Å²) in [5.74, 6) is -1.69. The van der Waals surface area contributed by atoms with Gasteiger partial charge in [0.1, 0.15) is 0 Å². The molecule has 0 aliphatic heterocycles. The van der Waals surface area contributed by atoms with Crippen LogP contribution in [-0.2, 0) is 9.84 Å². The van der Waals surface area contributed by atoms with Crippen LogP contribution in [0.1, 0.15) is 30.6 Å². The minimum absolute atomic E-state index is 0.00328. The lowest BCUT2D eigenvalue weighted by Crippen LogP contribution is -2.23. The van der Waals surface area contributed by atoms with Crippen LogP contribution in [0, 0.1) is 0 Å². The van der Waals surface area contributed by atoms with Gasteiger partial charge in [0.2, 0.25) is 0 Å². The molecule has 0 atom stereocenters. The molecule has 0 fully saturated rings. The number of aromatic carboxylic acids is 1. The Morgan fingerprint density at radius 1 is 1.25 bits per heavy atom. The van der Waals surface area contributed by atoms with Gasteiger partial charge in [-0.1, -0.05) is 23.2 Å². The summed E-state index contributed by atoms with van der Waals surface area (Å²) >= 11 is 11.5. The summed E-state index contributed by atoms with van der Waals surface area (Å²) in [5.41, 5.74) is -1.49. The maximum absolute atomic E-state index is 12.2. The summed E-state index contributed by atoms with van der Waals surface area (Å²) in [4.78, 5) is 10.7. The standard InChI is InChI=1S/C12H14Cl2O5S/c1-12(2,17)3-4-20(18,19)10-5-7(11(15)16)8(13)6-9(10)14/h5-6,17H,3-4H2,1-2H3,(H,15,16). The van der Waals surface area contributed by atoms with Crippen molar-refractivity contribution in [1.82, 2.24) is 0 Å². The molecule has 0 unspecified atom stereocenters. The molecule has 0 heterocycles. The molecule has 0 aliphatic rings. The van der Waals surface area contributed by atoms with Gasteiger partial charge in [0.25, 0.3) is 0 Å². The Morgan fingerprint density at radius 3 is 2.25 bits per heavy atom. The zero-order valence-electron chi connectivity index (χ0n) is 10.9. The predicted octanol–water partition coefficient (Wildman–Crippen LogP) is 2.63. The molecule has 0 bridgehead atoms. The van der Waals surface area contributed by atoms with Crippen molar-refractivity contribution in [1.29, 1.82) is 0 Å². The minimum Gasteiger partial charge on any atom is -0.478 e. The fraction of sp³-hybridized carbons (Fsp3) is 0.417. The smallest absolute Gasteiger partial charge is 0.337 e. The van der Waals surface area contributed by atoms with Gasteiger partial charge in [-0.25, -0.2) is 13.2 Å². The van der Waals surface area contributed by atoms with Gasteiger partial charge in [-0.2, -0.15) is 0 Å². The quantitative estimate of drug-likeness (QED) is 0.859. The van der Waals surface area contributed by atoms with E-state index in [4.69, 9.17) is 28.3 Å². The van der Waals surface area contributed by atoms with E-state index in [1.165, 1.54) is 13.8 Å². The van der Waals surface area contributed by atoms with E-state index in [1.54, 1.807) is 0 Å². The number of rotatable bonds is 5. The maximum Gasteiger partial charge on any atom is 0.337 e. The van der Waals surface area contributed by atoms with Gasteiger partial charge >= 0.3 is 5.97 Å². The molecule has 0 aromatic heterocycles. The molecule has 5 nitrogen and oxygen atoms in total. The molecule has 1 aromatic rings. The van der Waals surface area contributed by atoms with E-state index < -0.39 is 21.4 Å². The largest absolute Gasteiger partial charge is 0.478 e. The Bertz CT molecular complexity index is 632. The molecule has 0 amide bonds. The molecule has 8 heteroatoms. The highest BCUT2D eigenvalue weighted by atomic mass is 35.5. The molecule has 1 aromatic carbocycles. The van der Waals surface area contributed by atoms with E-state index in [9.17, 15) is 18.3 Å². The second kappa shape index (κ2) is 5.89. The highest BCUT2D eigenvalue weighted by molar-refractivity contribution is 7.91. The van der Waals surface area contributed by atoms with Gasteiger partial charge in [0.15, 0.2) is 9.84 Å². The van der Waals surface area contributed by atoms with Gasteiger partial charge in [0, 0.05) is 0 Å². The maximum atomic E-state index is 12.2. The van der Waals surface area contributed by atoms with Crippen LogP contribution >= 0.6 is 23.2 Å². The van der Waals surface area contributed by atoms with Crippen LogP contribution in [-0.4, -0.2) is 36.0 Å². The van der Waals surface area contributed by atoms with Crippen LogP contribution in [0.5, 0.6) is 0 Å². The van der Waals surface area contributed by atoms with Crippen LogP contribution in [0.4, 0.5) is 0 Å². The second-order valence-corrected chi connectivity index (χ2v) is 7.84. The lowest BCUT2D eigenvalue weighted by molar-refractivity contribution is 0.0695. The summed E-state index contributed by atoms with van der Waals surface area (Å²) < 4.78 is 24.3. The highest BCUT2D eigenvalue weighted by Crippen LogP contribution is 2.30. The van der Waals surface area contributed by atoms with E-state index >= 15 is 0 Å². The second-order valence-electron chi connectivity index (χ2n) is 4.95. The molecule has 0 aliphatic carbocycles. The molecule has 0 saturated carbocycles. The molecule has 112 valence electrons. The van der Waals surface area contributed by atoms with Gasteiger partial charge < -0.3 is 10.2 Å². The third-order valence-corrected chi connectivity index (χ3v) is 5.06. The SMILES string of the molecule is CC(C)(O)CCS(=O)(=O)c1cc(C(=O)O)c(Cl)cc1Cl. The first-order valence-corrected chi connectivity index (χ1v) is 8.02. The number of halogens is 2. The van der Waals surface area contributed by atoms with E-state index in [0.29, 0.717) is 0 Å². The van der Waals surface area contributed by atoms with Crippen molar-refractivity contribution < 1.29 is 23.4 Å². The molecule has 0 radical (unpaired) electrons. The number of hydrogen-bond donors (Lipinski definition) is 2. The lowest BCUT2D eigenvalue weighted by atomic mass is 10.1. The Hall–Kier alpha value is -0.820. The van der Waals surface area contributed by atoms with Gasteiger partial charge in [-0.15, -0.1) is 0 Å². The van der Waals surface area contributed by atoms with Crippen LogP contribution in [0.2, 0.25) is 10.0 Å². The molecule has 20 heavy (non-hydrogen) atoms. The average molecular weight is 341 g/mol. The topological polar surface area (TPSA) is 91.7 Å². The Morgan fingerprint density at radius 2 is 1.80 bits per heavy atom. The molecular weight excluding hydrogens is 327 g/mol. The third kappa shape index (κ3) is 4.34. The lowest BCUT2D eigenvalue weighted by Gasteiger charge is -2.17. The van der Waals surface area contributed by atoms with Gasteiger partial charge in [-0.3, -0.25) is 0 Å². The molecule has 0 saturated heterocycles. The molecule has 2 N–H and O–H groups in total. The Labute approximate surface area is 127 Å². The number of aliphatic hydroxyl groups is 1. The number of sulfone groups is 1. The van der Waals surface area contributed by atoms with Crippen LogP contribution in [0.3, 0.4) is 0 Å². The van der Waals surface area contributed by atoms with E-state index in [1.807, 2.05) is 0 Å². The molecule has 1 rings (SSSR count). The monoisotopic (exact) mass is 340 g/mol. The summed E-state index contributed by atoms with van der Waals surface area (Å²) in [6, 6.07) is 2.02. The summed E-state index contributed by atoms with van der Waals surface area (Å²) in [7, 11) is -3.81. The Balaban J connectivity index is 3.25. The van der Waals surface area contributed by atoms with Crippen molar-refractivity contribution in [3.63, 3.8) is 0 Å². The van der Waals surface area contributed by atoms with Crippen molar-refractivity contribution >= 4 is 39.0 Å². The highest BCUT2D eigenvalue weighted by Gasteiger charge is 2.25. The number of hydrogen-bond acceptors (Lipinski definition) is 4. The van der Waals surface area contributed by atoms with Crippen molar-refractivity contribution in [2.24, 2.45) is 0 Å². The van der Waals surface area contributed by atoms with Crippen molar-refractivity contribution in [2.75, 3.05) is 5.75 Å². The fourth-order valence-electron chi connectivity index (χ4n) is 1.43. The van der Waals surface area contributed by atoms with E-state index in [-0.39, 0.29) is 32.7 Å². The van der Waals surface area contributed by atoms with Crippen molar-refractivity contribution in [3.8, 4) is 0 Å². The first kappa shape index (κ1) is 17.2. The number of carboxylic acid groups (broad SMARTS) is 1. The molecular formula is C12H14Cl2O5S. The Kier molecular flexibility index (Phi) is 5.08. The zero-order valence-corrected chi connectivity index (χ0v) is 13.2. The van der Waals surface area contributed by atoms with Gasteiger partial charge in [0.05, 0.1) is 31.9 Å². The summed E-state index contributed by atoms with van der Waals surface area (Å²) in [6.45, 7) is 2.96. The fourth-order valence-corrected chi connectivity index (χ4v) is 3.88. The first-order valence-electron chi connectivity index (χ1n) is 5.61. The predicted molar refractivity (Wildman–Crippen MR) is 76.4 cm³/mol.